The van der Waals surface area contributed by atoms with E-state index in [-0.39, 0.29) is 5.82 Å². The van der Waals surface area contributed by atoms with E-state index >= 15 is 0 Å². The molecule has 0 heterocycles. The minimum absolute atomic E-state index is 0.261. The highest BCUT2D eigenvalue weighted by Gasteiger charge is 2.04. The van der Waals surface area contributed by atoms with E-state index in [2.05, 4.69) is 15.9 Å². The van der Waals surface area contributed by atoms with Crippen molar-refractivity contribution in [3.8, 4) is 5.75 Å². The Labute approximate surface area is 118 Å². The molecule has 4 heteroatoms. The van der Waals surface area contributed by atoms with Gasteiger partial charge in [-0.25, -0.2) is 4.39 Å². The normalized spacial score (nSPS) is 10.4. The van der Waals surface area contributed by atoms with Crippen LogP contribution in [0.2, 0.25) is 0 Å². The molecule has 2 aromatic rings. The topological polar surface area (TPSA) is 9.23 Å². The van der Waals surface area contributed by atoms with Gasteiger partial charge in [-0.05, 0) is 52.0 Å². The minimum Gasteiger partial charge on any atom is -0.488 e. The highest BCUT2D eigenvalue weighted by molar-refractivity contribution is 9.10. The number of hydrogen-bond acceptors (Lipinski definition) is 2. The molecule has 0 spiro atoms. The van der Waals surface area contributed by atoms with E-state index < -0.39 is 0 Å². The van der Waals surface area contributed by atoms with E-state index in [1.54, 1.807) is 23.9 Å². The fourth-order valence-corrected chi connectivity index (χ4v) is 2.50. The SMILES string of the molecule is CSc1ccccc1OCc1ccc(F)c(Br)c1. The van der Waals surface area contributed by atoms with Crippen molar-refractivity contribution in [3.05, 3.63) is 58.3 Å². The van der Waals surface area contributed by atoms with E-state index in [9.17, 15) is 4.39 Å². The minimum atomic E-state index is -0.261. The van der Waals surface area contributed by atoms with Crippen molar-refractivity contribution in [3.63, 3.8) is 0 Å². The van der Waals surface area contributed by atoms with Gasteiger partial charge in [0, 0.05) is 4.90 Å². The third-order valence-corrected chi connectivity index (χ3v) is 3.83. The van der Waals surface area contributed by atoms with Crippen LogP contribution in [-0.4, -0.2) is 6.26 Å². The Morgan fingerprint density at radius 3 is 2.72 bits per heavy atom. The van der Waals surface area contributed by atoms with Gasteiger partial charge >= 0.3 is 0 Å². The molecule has 0 aromatic heterocycles. The number of hydrogen-bond donors (Lipinski definition) is 0. The zero-order chi connectivity index (χ0) is 13.0. The predicted octanol–water partition coefficient (Wildman–Crippen LogP) is 4.89. The second-order valence-corrected chi connectivity index (χ2v) is 5.39. The van der Waals surface area contributed by atoms with Gasteiger partial charge in [0.25, 0.3) is 0 Å². The second-order valence-electron chi connectivity index (χ2n) is 3.69. The van der Waals surface area contributed by atoms with Crippen molar-refractivity contribution in [1.82, 2.24) is 0 Å². The molecule has 0 bridgehead atoms. The lowest BCUT2D eigenvalue weighted by Crippen LogP contribution is -1.97. The molecular weight excluding hydrogens is 315 g/mol. The van der Waals surface area contributed by atoms with Crippen molar-refractivity contribution in [2.24, 2.45) is 0 Å². The van der Waals surface area contributed by atoms with Crippen LogP contribution in [0.4, 0.5) is 4.39 Å². The summed E-state index contributed by atoms with van der Waals surface area (Å²) in [6.45, 7) is 0.427. The lowest BCUT2D eigenvalue weighted by Gasteiger charge is -2.10. The van der Waals surface area contributed by atoms with Crippen LogP contribution in [0.1, 0.15) is 5.56 Å². The van der Waals surface area contributed by atoms with Gasteiger partial charge in [0.1, 0.15) is 18.2 Å². The smallest absolute Gasteiger partial charge is 0.137 e. The Kier molecular flexibility index (Phi) is 4.66. The maximum Gasteiger partial charge on any atom is 0.137 e. The molecule has 0 saturated heterocycles. The van der Waals surface area contributed by atoms with Crippen LogP contribution in [0.15, 0.2) is 51.8 Å². The molecule has 0 unspecified atom stereocenters. The van der Waals surface area contributed by atoms with Crippen molar-refractivity contribution in [2.75, 3.05) is 6.26 Å². The molecule has 0 fully saturated rings. The summed E-state index contributed by atoms with van der Waals surface area (Å²) in [6.07, 6.45) is 2.01. The number of rotatable bonds is 4. The summed E-state index contributed by atoms with van der Waals surface area (Å²) in [5.41, 5.74) is 0.930. The van der Waals surface area contributed by atoms with E-state index in [1.165, 1.54) is 6.07 Å². The molecule has 18 heavy (non-hydrogen) atoms. The van der Waals surface area contributed by atoms with Gasteiger partial charge in [-0.3, -0.25) is 0 Å². The summed E-state index contributed by atoms with van der Waals surface area (Å²) in [5.74, 6) is 0.591. The lowest BCUT2D eigenvalue weighted by atomic mass is 10.2. The maximum atomic E-state index is 13.1. The van der Waals surface area contributed by atoms with E-state index in [1.807, 2.05) is 30.5 Å². The van der Waals surface area contributed by atoms with Crippen LogP contribution in [-0.2, 0) is 6.61 Å². The summed E-state index contributed by atoms with van der Waals surface area (Å²) in [6, 6.07) is 12.8. The first kappa shape index (κ1) is 13.4. The number of para-hydroxylation sites is 1. The standard InChI is InChI=1S/C14H12BrFOS/c1-18-14-5-3-2-4-13(14)17-9-10-6-7-12(16)11(15)8-10/h2-8H,9H2,1H3. The summed E-state index contributed by atoms with van der Waals surface area (Å²) >= 11 is 4.81. The highest BCUT2D eigenvalue weighted by atomic mass is 79.9. The molecule has 94 valence electrons. The van der Waals surface area contributed by atoms with Crippen molar-refractivity contribution < 1.29 is 9.13 Å². The number of benzene rings is 2. The summed E-state index contributed by atoms with van der Waals surface area (Å²) < 4.78 is 19.3. The van der Waals surface area contributed by atoms with Crippen molar-refractivity contribution in [1.29, 1.82) is 0 Å². The van der Waals surface area contributed by atoms with Crippen LogP contribution in [0.25, 0.3) is 0 Å². The number of ether oxygens (including phenoxy) is 1. The highest BCUT2D eigenvalue weighted by Crippen LogP contribution is 2.28. The first-order valence-electron chi connectivity index (χ1n) is 5.40. The predicted molar refractivity (Wildman–Crippen MR) is 76.7 cm³/mol. The summed E-state index contributed by atoms with van der Waals surface area (Å²) in [5, 5.41) is 0. The maximum absolute atomic E-state index is 13.1. The quantitative estimate of drug-likeness (QED) is 0.740. The molecular formula is C14H12BrFOS. The first-order valence-corrected chi connectivity index (χ1v) is 7.42. The summed E-state index contributed by atoms with van der Waals surface area (Å²) in [4.78, 5) is 1.10. The van der Waals surface area contributed by atoms with Gasteiger partial charge in [0.15, 0.2) is 0 Å². The molecule has 0 radical (unpaired) electrons. The van der Waals surface area contributed by atoms with Gasteiger partial charge in [0.05, 0.1) is 4.47 Å². The van der Waals surface area contributed by atoms with Crippen LogP contribution >= 0.6 is 27.7 Å². The van der Waals surface area contributed by atoms with Gasteiger partial charge in [-0.1, -0.05) is 18.2 Å². The van der Waals surface area contributed by atoms with E-state index in [0.717, 1.165) is 16.2 Å². The van der Waals surface area contributed by atoms with Gasteiger partial charge < -0.3 is 4.74 Å². The molecule has 0 atom stereocenters. The fourth-order valence-electron chi connectivity index (χ4n) is 1.53. The fraction of sp³-hybridized carbons (Fsp3) is 0.143. The number of halogens is 2. The monoisotopic (exact) mass is 326 g/mol. The molecule has 0 aliphatic heterocycles. The third-order valence-electron chi connectivity index (χ3n) is 2.45. The Balaban J connectivity index is 2.09. The van der Waals surface area contributed by atoms with Crippen LogP contribution in [0.3, 0.4) is 0 Å². The van der Waals surface area contributed by atoms with Gasteiger partial charge in [-0.2, -0.15) is 0 Å². The molecule has 2 rings (SSSR count). The molecule has 1 nitrogen and oxygen atoms in total. The molecule has 0 aliphatic carbocycles. The zero-order valence-electron chi connectivity index (χ0n) is 9.82. The lowest BCUT2D eigenvalue weighted by molar-refractivity contribution is 0.298. The summed E-state index contributed by atoms with van der Waals surface area (Å²) in [7, 11) is 0. The third kappa shape index (κ3) is 3.27. The zero-order valence-corrected chi connectivity index (χ0v) is 12.2. The first-order chi connectivity index (χ1) is 8.70. The molecule has 0 saturated carbocycles. The Hall–Kier alpha value is -1.00. The van der Waals surface area contributed by atoms with Crippen molar-refractivity contribution >= 4 is 27.7 Å². The van der Waals surface area contributed by atoms with E-state index in [0.29, 0.717) is 11.1 Å². The average molecular weight is 327 g/mol. The van der Waals surface area contributed by atoms with E-state index in [4.69, 9.17) is 4.74 Å². The van der Waals surface area contributed by atoms with Gasteiger partial charge in [0.2, 0.25) is 0 Å². The molecule has 0 aliphatic rings. The van der Waals surface area contributed by atoms with Crippen molar-refractivity contribution in [2.45, 2.75) is 11.5 Å². The molecule has 0 N–H and O–H groups in total. The van der Waals surface area contributed by atoms with Gasteiger partial charge in [-0.15, -0.1) is 11.8 Å². The van der Waals surface area contributed by atoms with Crippen LogP contribution in [0, 0.1) is 5.82 Å². The van der Waals surface area contributed by atoms with Crippen LogP contribution < -0.4 is 4.74 Å². The molecule has 0 amide bonds. The Morgan fingerprint density at radius 2 is 2.00 bits per heavy atom. The average Bonchev–Trinajstić information content (AvgIpc) is 2.40. The largest absolute Gasteiger partial charge is 0.488 e. The Bertz CT molecular complexity index is 545. The van der Waals surface area contributed by atoms with Crippen LogP contribution in [0.5, 0.6) is 5.75 Å². The second kappa shape index (κ2) is 6.25. The molecule has 2 aromatic carbocycles. The Morgan fingerprint density at radius 1 is 1.22 bits per heavy atom. The number of thioether (sulfide) groups is 1.